The van der Waals surface area contributed by atoms with E-state index in [0.717, 1.165) is 16.7 Å². The summed E-state index contributed by atoms with van der Waals surface area (Å²) >= 11 is 5.77. The van der Waals surface area contributed by atoms with Crippen LogP contribution >= 0.6 is 11.6 Å². The van der Waals surface area contributed by atoms with E-state index in [1.54, 1.807) is 17.1 Å². The molecular formula is C12H8ClN3. The molecule has 4 heteroatoms. The van der Waals surface area contributed by atoms with E-state index in [0.29, 0.717) is 5.15 Å². The zero-order valence-corrected chi connectivity index (χ0v) is 9.09. The van der Waals surface area contributed by atoms with Gasteiger partial charge in [-0.2, -0.15) is 0 Å². The fraction of sp³-hybridized carbons (Fsp3) is 0. The van der Waals surface area contributed by atoms with Gasteiger partial charge < -0.3 is 0 Å². The molecule has 0 aliphatic heterocycles. The molecule has 3 aromatic rings. The van der Waals surface area contributed by atoms with Crippen molar-refractivity contribution in [3.05, 3.63) is 54.1 Å². The lowest BCUT2D eigenvalue weighted by Gasteiger charge is -2.02. The van der Waals surface area contributed by atoms with Crippen molar-refractivity contribution in [1.29, 1.82) is 0 Å². The molecule has 0 unspecified atom stereocenters. The zero-order valence-electron chi connectivity index (χ0n) is 8.34. The molecule has 0 radical (unpaired) electrons. The molecule has 0 spiro atoms. The number of benzene rings is 1. The highest BCUT2D eigenvalue weighted by atomic mass is 35.5. The highest BCUT2D eigenvalue weighted by Crippen LogP contribution is 2.15. The molecular weight excluding hydrogens is 222 g/mol. The Balaban J connectivity index is 2.18. The third-order valence-corrected chi connectivity index (χ3v) is 2.59. The maximum Gasteiger partial charge on any atom is 0.147 e. The molecule has 0 saturated heterocycles. The van der Waals surface area contributed by atoms with E-state index >= 15 is 0 Å². The lowest BCUT2D eigenvalue weighted by Crippen LogP contribution is -1.93. The summed E-state index contributed by atoms with van der Waals surface area (Å²) in [5.74, 6) is 0.818. The first-order valence-corrected chi connectivity index (χ1v) is 5.26. The maximum absolute atomic E-state index is 5.77. The number of para-hydroxylation sites is 1. The first-order valence-electron chi connectivity index (χ1n) is 4.88. The van der Waals surface area contributed by atoms with Gasteiger partial charge in [-0.3, -0.25) is 4.57 Å². The highest BCUT2D eigenvalue weighted by molar-refractivity contribution is 6.29. The molecule has 2 heterocycles. The summed E-state index contributed by atoms with van der Waals surface area (Å²) in [6.45, 7) is 0. The van der Waals surface area contributed by atoms with Crippen LogP contribution in [0, 0.1) is 0 Å². The SMILES string of the molecule is Clc1cn(-c2ccc3ccccc3n2)cn1. The molecule has 0 fully saturated rings. The van der Waals surface area contributed by atoms with Crippen LogP contribution < -0.4 is 0 Å². The Labute approximate surface area is 97.3 Å². The van der Waals surface area contributed by atoms with Crippen LogP contribution in [-0.2, 0) is 0 Å². The van der Waals surface area contributed by atoms with Gasteiger partial charge >= 0.3 is 0 Å². The molecule has 0 aliphatic rings. The summed E-state index contributed by atoms with van der Waals surface area (Å²) in [6.07, 6.45) is 3.39. The number of imidazole rings is 1. The molecule has 3 nitrogen and oxygen atoms in total. The molecule has 1 aromatic carbocycles. The molecule has 0 saturated carbocycles. The Hall–Kier alpha value is -1.87. The van der Waals surface area contributed by atoms with Crippen LogP contribution in [-0.4, -0.2) is 14.5 Å². The quantitative estimate of drug-likeness (QED) is 0.642. The predicted molar refractivity (Wildman–Crippen MR) is 63.9 cm³/mol. The van der Waals surface area contributed by atoms with Crippen LogP contribution in [0.15, 0.2) is 48.9 Å². The predicted octanol–water partition coefficient (Wildman–Crippen LogP) is 3.07. The van der Waals surface area contributed by atoms with Crippen LogP contribution in [0.4, 0.5) is 0 Å². The maximum atomic E-state index is 5.77. The Bertz CT molecular complexity index is 645. The number of hydrogen-bond acceptors (Lipinski definition) is 2. The fourth-order valence-electron chi connectivity index (χ4n) is 1.62. The van der Waals surface area contributed by atoms with E-state index in [-0.39, 0.29) is 0 Å². The normalized spacial score (nSPS) is 10.8. The number of hydrogen-bond donors (Lipinski definition) is 0. The van der Waals surface area contributed by atoms with Crippen LogP contribution in [0.1, 0.15) is 0 Å². The van der Waals surface area contributed by atoms with Crippen molar-refractivity contribution in [2.24, 2.45) is 0 Å². The molecule has 0 aliphatic carbocycles. The van der Waals surface area contributed by atoms with Crippen molar-refractivity contribution in [3.8, 4) is 5.82 Å². The molecule has 78 valence electrons. The summed E-state index contributed by atoms with van der Waals surface area (Å²) in [5, 5.41) is 1.59. The van der Waals surface area contributed by atoms with Gasteiger partial charge in [-0.05, 0) is 18.2 Å². The fourth-order valence-corrected chi connectivity index (χ4v) is 1.77. The summed E-state index contributed by atoms with van der Waals surface area (Å²) in [5.41, 5.74) is 0.963. The number of fused-ring (bicyclic) bond motifs is 1. The first kappa shape index (κ1) is 9.36. The third-order valence-electron chi connectivity index (χ3n) is 2.40. The third kappa shape index (κ3) is 1.55. The minimum atomic E-state index is 0.468. The molecule has 0 amide bonds. The minimum absolute atomic E-state index is 0.468. The Morgan fingerprint density at radius 2 is 1.94 bits per heavy atom. The largest absolute Gasteiger partial charge is 0.289 e. The summed E-state index contributed by atoms with van der Waals surface area (Å²) in [6, 6.07) is 12.0. The number of rotatable bonds is 1. The van der Waals surface area contributed by atoms with Gasteiger partial charge in [0, 0.05) is 11.6 Å². The summed E-state index contributed by atoms with van der Waals surface area (Å²) < 4.78 is 1.80. The van der Waals surface area contributed by atoms with Crippen molar-refractivity contribution in [2.45, 2.75) is 0 Å². The number of aromatic nitrogens is 3. The van der Waals surface area contributed by atoms with Crippen molar-refractivity contribution < 1.29 is 0 Å². The molecule has 3 rings (SSSR count). The van der Waals surface area contributed by atoms with E-state index in [2.05, 4.69) is 9.97 Å². The van der Waals surface area contributed by atoms with Gasteiger partial charge in [-0.25, -0.2) is 9.97 Å². The smallest absolute Gasteiger partial charge is 0.147 e. The highest BCUT2D eigenvalue weighted by Gasteiger charge is 2.01. The van der Waals surface area contributed by atoms with E-state index < -0.39 is 0 Å². The van der Waals surface area contributed by atoms with Crippen molar-refractivity contribution in [3.63, 3.8) is 0 Å². The molecule has 2 aromatic heterocycles. The van der Waals surface area contributed by atoms with Gasteiger partial charge in [0.25, 0.3) is 0 Å². The Morgan fingerprint density at radius 3 is 2.75 bits per heavy atom. The van der Waals surface area contributed by atoms with E-state index in [1.807, 2.05) is 36.4 Å². The minimum Gasteiger partial charge on any atom is -0.289 e. The summed E-state index contributed by atoms with van der Waals surface area (Å²) in [7, 11) is 0. The van der Waals surface area contributed by atoms with Crippen LogP contribution in [0.5, 0.6) is 0 Å². The van der Waals surface area contributed by atoms with Crippen LogP contribution in [0.25, 0.3) is 16.7 Å². The Kier molecular flexibility index (Phi) is 2.11. The van der Waals surface area contributed by atoms with Crippen molar-refractivity contribution in [2.75, 3.05) is 0 Å². The van der Waals surface area contributed by atoms with Gasteiger partial charge in [-0.1, -0.05) is 29.8 Å². The second-order valence-corrected chi connectivity index (χ2v) is 3.85. The molecule has 0 bridgehead atoms. The van der Waals surface area contributed by atoms with E-state index in [1.165, 1.54) is 0 Å². The Morgan fingerprint density at radius 1 is 1.06 bits per heavy atom. The average Bonchev–Trinajstić information content (AvgIpc) is 2.75. The number of pyridine rings is 1. The lowest BCUT2D eigenvalue weighted by atomic mass is 10.2. The number of nitrogens with zero attached hydrogens (tertiary/aromatic N) is 3. The van der Waals surface area contributed by atoms with Crippen molar-refractivity contribution >= 4 is 22.5 Å². The van der Waals surface area contributed by atoms with Gasteiger partial charge in [0.2, 0.25) is 0 Å². The molecule has 0 N–H and O–H groups in total. The second-order valence-electron chi connectivity index (χ2n) is 3.47. The number of halogens is 1. The monoisotopic (exact) mass is 229 g/mol. The van der Waals surface area contributed by atoms with Gasteiger partial charge in [0.1, 0.15) is 17.3 Å². The van der Waals surface area contributed by atoms with Crippen LogP contribution in [0.2, 0.25) is 5.15 Å². The lowest BCUT2D eigenvalue weighted by molar-refractivity contribution is 1.01. The zero-order chi connectivity index (χ0) is 11.0. The average molecular weight is 230 g/mol. The van der Waals surface area contributed by atoms with Gasteiger partial charge in [0.05, 0.1) is 5.52 Å². The van der Waals surface area contributed by atoms with Crippen molar-refractivity contribution in [1.82, 2.24) is 14.5 Å². The van der Waals surface area contributed by atoms with Gasteiger partial charge in [-0.15, -0.1) is 0 Å². The summed E-state index contributed by atoms with van der Waals surface area (Å²) in [4.78, 5) is 8.48. The molecule has 16 heavy (non-hydrogen) atoms. The van der Waals surface area contributed by atoms with Gasteiger partial charge in [0.15, 0.2) is 0 Å². The van der Waals surface area contributed by atoms with E-state index in [9.17, 15) is 0 Å². The standard InChI is InChI=1S/C12H8ClN3/c13-11-7-16(8-14-11)12-6-5-9-3-1-2-4-10(9)15-12/h1-8H. The topological polar surface area (TPSA) is 30.7 Å². The van der Waals surface area contributed by atoms with Crippen LogP contribution in [0.3, 0.4) is 0 Å². The molecule has 0 atom stereocenters. The second kappa shape index (κ2) is 3.61. The van der Waals surface area contributed by atoms with E-state index in [4.69, 9.17) is 11.6 Å². The first-order chi connectivity index (χ1) is 7.83.